The molecule has 2 N–H and O–H groups in total. The van der Waals surface area contributed by atoms with Crippen molar-refractivity contribution < 1.29 is 0 Å². The largest absolute Gasteiger partial charge is 0.330 e. The van der Waals surface area contributed by atoms with Crippen molar-refractivity contribution in [3.63, 3.8) is 0 Å². The molecule has 1 aliphatic rings. The molecule has 2 rings (SSSR count). The first-order valence-corrected chi connectivity index (χ1v) is 6.78. The highest BCUT2D eigenvalue weighted by molar-refractivity contribution is 6.30. The van der Waals surface area contributed by atoms with Crippen molar-refractivity contribution in [3.05, 3.63) is 34.9 Å². The average molecular weight is 253 g/mol. The minimum Gasteiger partial charge on any atom is -0.330 e. The second-order valence-corrected chi connectivity index (χ2v) is 5.38. The maximum Gasteiger partial charge on any atom is 0.0409 e. The van der Waals surface area contributed by atoms with Crippen molar-refractivity contribution in [2.45, 2.75) is 25.8 Å². The molecule has 1 atom stereocenters. The highest BCUT2D eigenvalue weighted by Gasteiger charge is 2.22. The molecule has 0 spiro atoms. The van der Waals surface area contributed by atoms with Crippen LogP contribution >= 0.6 is 11.6 Å². The molecule has 1 heterocycles. The third-order valence-electron chi connectivity index (χ3n) is 3.86. The molecular formula is C14H21ClN2. The van der Waals surface area contributed by atoms with Gasteiger partial charge in [-0.05, 0) is 63.0 Å². The van der Waals surface area contributed by atoms with Crippen molar-refractivity contribution >= 4 is 11.6 Å². The van der Waals surface area contributed by atoms with Crippen LogP contribution in [0.25, 0.3) is 0 Å². The number of nitrogens with two attached hydrogens (primary N) is 1. The molecule has 0 bridgehead atoms. The van der Waals surface area contributed by atoms with Gasteiger partial charge in [-0.25, -0.2) is 0 Å². The number of halogens is 1. The van der Waals surface area contributed by atoms with Crippen molar-refractivity contribution in [1.82, 2.24) is 4.90 Å². The van der Waals surface area contributed by atoms with E-state index in [4.69, 9.17) is 17.3 Å². The lowest BCUT2D eigenvalue weighted by atomic mass is 9.95. The van der Waals surface area contributed by atoms with Crippen molar-refractivity contribution in [2.75, 3.05) is 19.6 Å². The van der Waals surface area contributed by atoms with Crippen LogP contribution in [0.1, 0.15) is 31.4 Å². The summed E-state index contributed by atoms with van der Waals surface area (Å²) in [5, 5.41) is 0.825. The summed E-state index contributed by atoms with van der Waals surface area (Å²) in [6.45, 7) is 5.39. The van der Waals surface area contributed by atoms with Gasteiger partial charge in [0, 0.05) is 11.1 Å². The maximum absolute atomic E-state index is 6.04. The van der Waals surface area contributed by atoms with Crippen LogP contribution in [0.4, 0.5) is 0 Å². The molecule has 1 aromatic rings. The molecule has 1 aliphatic heterocycles. The highest BCUT2D eigenvalue weighted by Crippen LogP contribution is 2.27. The van der Waals surface area contributed by atoms with Crippen LogP contribution < -0.4 is 5.73 Å². The number of nitrogens with zero attached hydrogens (tertiary/aromatic N) is 1. The zero-order valence-corrected chi connectivity index (χ0v) is 11.2. The Labute approximate surface area is 109 Å². The Hall–Kier alpha value is -0.570. The molecule has 0 aliphatic carbocycles. The summed E-state index contributed by atoms with van der Waals surface area (Å²) >= 11 is 6.04. The van der Waals surface area contributed by atoms with E-state index in [1.54, 1.807) is 0 Å². The molecule has 0 saturated carbocycles. The third-order valence-corrected chi connectivity index (χ3v) is 4.10. The predicted molar refractivity (Wildman–Crippen MR) is 73.2 cm³/mol. The summed E-state index contributed by atoms with van der Waals surface area (Å²) in [4.78, 5) is 2.53. The lowest BCUT2D eigenvalue weighted by Gasteiger charge is -2.36. The molecule has 3 heteroatoms. The summed E-state index contributed by atoms with van der Waals surface area (Å²) in [5.74, 6) is 0.720. The number of benzene rings is 1. The van der Waals surface area contributed by atoms with Crippen molar-refractivity contribution in [3.8, 4) is 0 Å². The lowest BCUT2D eigenvalue weighted by molar-refractivity contribution is 0.143. The standard InChI is InChI=1S/C14H21ClN2/c1-11(13-3-2-4-14(15)9-13)17-7-5-12(10-16)6-8-17/h2-4,9,11-12H,5-8,10,16H2,1H3. The Morgan fingerprint density at radius 3 is 2.71 bits per heavy atom. The molecule has 2 nitrogen and oxygen atoms in total. The first-order chi connectivity index (χ1) is 8.20. The fraction of sp³-hybridized carbons (Fsp3) is 0.571. The minimum atomic E-state index is 0.451. The smallest absolute Gasteiger partial charge is 0.0409 e. The van der Waals surface area contributed by atoms with Crippen LogP contribution in [0.3, 0.4) is 0 Å². The molecule has 17 heavy (non-hydrogen) atoms. The molecule has 0 amide bonds. The number of hydrogen-bond acceptors (Lipinski definition) is 2. The van der Waals surface area contributed by atoms with Gasteiger partial charge in [-0.15, -0.1) is 0 Å². The van der Waals surface area contributed by atoms with E-state index >= 15 is 0 Å². The van der Waals surface area contributed by atoms with Gasteiger partial charge in [-0.1, -0.05) is 23.7 Å². The average Bonchev–Trinajstić information content (AvgIpc) is 2.38. The number of likely N-dealkylation sites (tertiary alicyclic amines) is 1. The summed E-state index contributed by atoms with van der Waals surface area (Å²) in [6, 6.07) is 8.64. The maximum atomic E-state index is 6.04. The summed E-state index contributed by atoms with van der Waals surface area (Å²) in [6.07, 6.45) is 2.45. The first kappa shape index (κ1) is 12.9. The van der Waals surface area contributed by atoms with Gasteiger partial charge >= 0.3 is 0 Å². The SMILES string of the molecule is CC(c1cccc(Cl)c1)N1CCC(CN)CC1. The van der Waals surface area contributed by atoms with E-state index in [2.05, 4.69) is 24.0 Å². The topological polar surface area (TPSA) is 29.3 Å². The lowest BCUT2D eigenvalue weighted by Crippen LogP contribution is -2.37. The Kier molecular flexibility index (Phi) is 4.43. The Morgan fingerprint density at radius 2 is 2.12 bits per heavy atom. The molecule has 1 fully saturated rings. The second-order valence-electron chi connectivity index (χ2n) is 4.95. The number of hydrogen-bond donors (Lipinski definition) is 1. The number of rotatable bonds is 3. The zero-order chi connectivity index (χ0) is 12.3. The molecule has 1 saturated heterocycles. The van der Waals surface area contributed by atoms with E-state index < -0.39 is 0 Å². The Morgan fingerprint density at radius 1 is 1.41 bits per heavy atom. The van der Waals surface area contributed by atoms with E-state index in [1.165, 1.54) is 18.4 Å². The third kappa shape index (κ3) is 3.21. The summed E-state index contributed by atoms with van der Waals surface area (Å²) in [7, 11) is 0. The van der Waals surface area contributed by atoms with Gasteiger partial charge in [0.15, 0.2) is 0 Å². The van der Waals surface area contributed by atoms with Crippen molar-refractivity contribution in [2.24, 2.45) is 11.7 Å². The highest BCUT2D eigenvalue weighted by atomic mass is 35.5. The van der Waals surface area contributed by atoms with E-state index in [9.17, 15) is 0 Å². The second kappa shape index (κ2) is 5.85. The summed E-state index contributed by atoms with van der Waals surface area (Å²) in [5.41, 5.74) is 7.03. The van der Waals surface area contributed by atoms with Gasteiger partial charge in [0.2, 0.25) is 0 Å². The van der Waals surface area contributed by atoms with E-state index in [0.717, 1.165) is 30.6 Å². The molecule has 94 valence electrons. The van der Waals surface area contributed by atoms with Crippen LogP contribution in [0.5, 0.6) is 0 Å². The molecule has 1 unspecified atom stereocenters. The van der Waals surface area contributed by atoms with E-state index in [1.807, 2.05) is 12.1 Å². The number of piperidine rings is 1. The summed E-state index contributed by atoms with van der Waals surface area (Å²) < 4.78 is 0. The van der Waals surface area contributed by atoms with Crippen LogP contribution in [-0.4, -0.2) is 24.5 Å². The van der Waals surface area contributed by atoms with Gasteiger partial charge in [0.05, 0.1) is 0 Å². The molecule has 1 aromatic carbocycles. The van der Waals surface area contributed by atoms with Gasteiger partial charge in [-0.3, -0.25) is 4.90 Å². The van der Waals surface area contributed by atoms with Crippen molar-refractivity contribution in [1.29, 1.82) is 0 Å². The van der Waals surface area contributed by atoms with Gasteiger partial charge in [0.1, 0.15) is 0 Å². The van der Waals surface area contributed by atoms with E-state index in [0.29, 0.717) is 6.04 Å². The molecule has 0 radical (unpaired) electrons. The van der Waals surface area contributed by atoms with Crippen LogP contribution in [0.2, 0.25) is 5.02 Å². The van der Waals surface area contributed by atoms with Gasteiger partial charge in [-0.2, -0.15) is 0 Å². The Balaban J connectivity index is 1.99. The van der Waals surface area contributed by atoms with Gasteiger partial charge in [0.25, 0.3) is 0 Å². The van der Waals surface area contributed by atoms with Crippen LogP contribution in [0, 0.1) is 5.92 Å². The molecule has 0 aromatic heterocycles. The normalized spacial score (nSPS) is 20.4. The monoisotopic (exact) mass is 252 g/mol. The fourth-order valence-electron chi connectivity index (χ4n) is 2.55. The Bertz CT molecular complexity index is 359. The minimum absolute atomic E-state index is 0.451. The van der Waals surface area contributed by atoms with E-state index in [-0.39, 0.29) is 0 Å². The quantitative estimate of drug-likeness (QED) is 0.896. The van der Waals surface area contributed by atoms with Crippen LogP contribution in [0.15, 0.2) is 24.3 Å². The van der Waals surface area contributed by atoms with Gasteiger partial charge < -0.3 is 5.73 Å². The molecular weight excluding hydrogens is 232 g/mol. The van der Waals surface area contributed by atoms with Crippen LogP contribution in [-0.2, 0) is 0 Å². The first-order valence-electron chi connectivity index (χ1n) is 6.40. The fourth-order valence-corrected chi connectivity index (χ4v) is 2.75. The zero-order valence-electron chi connectivity index (χ0n) is 10.4. The predicted octanol–water partition coefficient (Wildman–Crippen LogP) is 3.07.